The van der Waals surface area contributed by atoms with Crippen molar-refractivity contribution >= 4 is 29.2 Å². The second-order valence-corrected chi connectivity index (χ2v) is 6.88. The molecule has 26 heavy (non-hydrogen) atoms. The summed E-state index contributed by atoms with van der Waals surface area (Å²) in [5, 5.41) is 8.55. The number of anilines is 2. The molecule has 0 saturated carbocycles. The van der Waals surface area contributed by atoms with E-state index in [1.807, 2.05) is 0 Å². The largest absolute Gasteiger partial charge is 0.328 e. The van der Waals surface area contributed by atoms with Crippen molar-refractivity contribution in [3.8, 4) is 0 Å². The molecule has 0 aliphatic carbocycles. The predicted molar refractivity (Wildman–Crippen MR) is 99.1 cm³/mol. The Morgan fingerprint density at radius 1 is 1.23 bits per heavy atom. The van der Waals surface area contributed by atoms with Crippen LogP contribution in [0, 0.1) is 0 Å². The minimum Gasteiger partial charge on any atom is -0.325 e. The Bertz CT molecular complexity index is 698. The normalized spacial score (nSPS) is 24.3. The molecule has 3 rings (SSSR count). The number of nitrogens with zero attached hydrogens (tertiary/aromatic N) is 2. The summed E-state index contributed by atoms with van der Waals surface area (Å²) in [6.07, 6.45) is 0.265. The highest BCUT2D eigenvalue weighted by atomic mass is 16.2. The monoisotopic (exact) mass is 359 g/mol. The molecule has 2 fully saturated rings. The lowest BCUT2D eigenvalue weighted by Crippen LogP contribution is -2.56. The second-order valence-electron chi connectivity index (χ2n) is 6.88. The number of benzene rings is 1. The van der Waals surface area contributed by atoms with Gasteiger partial charge in [-0.05, 0) is 32.0 Å². The number of hydrogen-bond donors (Lipinski definition) is 3. The van der Waals surface area contributed by atoms with Crippen LogP contribution in [-0.4, -0.2) is 61.0 Å². The number of carbonyl (C=O) groups excluding carboxylic acids is 3. The third-order valence-electron chi connectivity index (χ3n) is 4.83. The zero-order valence-electron chi connectivity index (χ0n) is 15.1. The quantitative estimate of drug-likeness (QED) is 0.738. The zero-order valence-corrected chi connectivity index (χ0v) is 15.1. The molecule has 2 atom stereocenters. The van der Waals surface area contributed by atoms with Crippen molar-refractivity contribution in [2.24, 2.45) is 0 Å². The third-order valence-corrected chi connectivity index (χ3v) is 4.83. The first kappa shape index (κ1) is 18.3. The van der Waals surface area contributed by atoms with Gasteiger partial charge in [-0.25, -0.2) is 4.79 Å². The van der Waals surface area contributed by atoms with Gasteiger partial charge in [-0.2, -0.15) is 0 Å². The number of nitrogens with one attached hydrogen (secondary N) is 3. The number of imide groups is 1. The molecule has 2 aliphatic heterocycles. The maximum atomic E-state index is 12.5. The summed E-state index contributed by atoms with van der Waals surface area (Å²) in [5.74, 6) is -0.351. The molecule has 8 heteroatoms. The Hall–Kier alpha value is -2.45. The van der Waals surface area contributed by atoms with Gasteiger partial charge < -0.3 is 10.6 Å². The lowest BCUT2D eigenvalue weighted by atomic mass is 10.1. The van der Waals surface area contributed by atoms with Crippen LogP contribution in [0.15, 0.2) is 24.3 Å². The van der Waals surface area contributed by atoms with Crippen LogP contribution in [0.4, 0.5) is 16.2 Å². The van der Waals surface area contributed by atoms with Gasteiger partial charge in [-0.1, -0.05) is 6.07 Å². The van der Waals surface area contributed by atoms with E-state index in [0.717, 1.165) is 13.1 Å². The van der Waals surface area contributed by atoms with E-state index in [2.05, 4.69) is 34.7 Å². The maximum Gasteiger partial charge on any atom is 0.328 e. The number of rotatable bonds is 4. The van der Waals surface area contributed by atoms with E-state index in [4.69, 9.17) is 0 Å². The van der Waals surface area contributed by atoms with Gasteiger partial charge in [-0.15, -0.1) is 0 Å². The molecular formula is C18H25N5O3. The zero-order chi connectivity index (χ0) is 18.7. The van der Waals surface area contributed by atoms with Crippen molar-refractivity contribution in [1.29, 1.82) is 0 Å². The molecule has 2 aliphatic rings. The average Bonchev–Trinajstić information content (AvgIpc) is 2.58. The van der Waals surface area contributed by atoms with Crippen LogP contribution in [0.1, 0.15) is 20.3 Å². The van der Waals surface area contributed by atoms with E-state index < -0.39 is 6.03 Å². The Labute approximate surface area is 152 Å². The van der Waals surface area contributed by atoms with Crippen molar-refractivity contribution in [3.05, 3.63) is 24.3 Å². The topological polar surface area (TPSA) is 93.8 Å². The summed E-state index contributed by atoms with van der Waals surface area (Å²) >= 11 is 0. The van der Waals surface area contributed by atoms with Crippen LogP contribution in [0.25, 0.3) is 0 Å². The van der Waals surface area contributed by atoms with E-state index in [9.17, 15) is 14.4 Å². The number of piperazine rings is 1. The van der Waals surface area contributed by atoms with Gasteiger partial charge in [0.15, 0.2) is 0 Å². The first-order valence-electron chi connectivity index (χ1n) is 8.92. The lowest BCUT2D eigenvalue weighted by molar-refractivity contribution is -0.120. The molecule has 140 valence electrons. The fourth-order valence-corrected chi connectivity index (χ4v) is 3.41. The minimum absolute atomic E-state index is 0.0824. The smallest absolute Gasteiger partial charge is 0.325 e. The molecule has 1 aromatic rings. The fraction of sp³-hybridized carbons (Fsp3) is 0.500. The Morgan fingerprint density at radius 3 is 2.65 bits per heavy atom. The Kier molecular flexibility index (Phi) is 5.53. The lowest BCUT2D eigenvalue weighted by Gasteiger charge is -2.38. The summed E-state index contributed by atoms with van der Waals surface area (Å²) in [6, 6.07) is 7.26. The molecule has 2 saturated heterocycles. The van der Waals surface area contributed by atoms with Gasteiger partial charge in [0.05, 0.1) is 6.54 Å². The molecular weight excluding hydrogens is 334 g/mol. The van der Waals surface area contributed by atoms with E-state index >= 15 is 0 Å². The van der Waals surface area contributed by atoms with Crippen molar-refractivity contribution in [2.45, 2.75) is 32.4 Å². The average molecular weight is 359 g/mol. The van der Waals surface area contributed by atoms with Crippen LogP contribution in [0.2, 0.25) is 0 Å². The summed E-state index contributed by atoms with van der Waals surface area (Å²) in [4.78, 5) is 39.4. The molecule has 0 aromatic heterocycles. The van der Waals surface area contributed by atoms with Gasteiger partial charge >= 0.3 is 6.03 Å². The molecule has 3 N–H and O–H groups in total. The van der Waals surface area contributed by atoms with Gasteiger partial charge in [0.1, 0.15) is 0 Å². The molecule has 1 aromatic carbocycles. The molecule has 0 unspecified atom stereocenters. The molecule has 0 spiro atoms. The number of amides is 4. The highest BCUT2D eigenvalue weighted by Gasteiger charge is 2.27. The van der Waals surface area contributed by atoms with E-state index in [1.165, 1.54) is 4.90 Å². The number of hydrogen-bond acceptors (Lipinski definition) is 5. The van der Waals surface area contributed by atoms with Crippen LogP contribution in [-0.2, 0) is 9.59 Å². The van der Waals surface area contributed by atoms with Crippen LogP contribution < -0.4 is 20.9 Å². The van der Waals surface area contributed by atoms with E-state index in [1.54, 1.807) is 24.3 Å². The summed E-state index contributed by atoms with van der Waals surface area (Å²) in [7, 11) is 0. The first-order chi connectivity index (χ1) is 12.4. The molecule has 8 nitrogen and oxygen atoms in total. The summed E-state index contributed by atoms with van der Waals surface area (Å²) in [5.41, 5.74) is 1.28. The van der Waals surface area contributed by atoms with Crippen LogP contribution >= 0.6 is 0 Å². The van der Waals surface area contributed by atoms with E-state index in [-0.39, 0.29) is 18.2 Å². The summed E-state index contributed by atoms with van der Waals surface area (Å²) < 4.78 is 0. The third kappa shape index (κ3) is 4.20. The van der Waals surface area contributed by atoms with Crippen LogP contribution in [0.3, 0.4) is 0 Å². The highest BCUT2D eigenvalue weighted by molar-refractivity contribution is 6.06. The number of urea groups is 1. The van der Waals surface area contributed by atoms with Gasteiger partial charge in [0.25, 0.3) is 0 Å². The standard InChI is InChI=1S/C18H25N5O3/c1-12-9-19-10-13(2)23(12)11-17(25)20-14-4-3-5-15(8-14)22-7-6-16(24)21-18(22)26/h3-5,8,12-13,19H,6-7,9-11H2,1-2H3,(H,20,25)(H,21,24,26)/t12-,13+. The van der Waals surface area contributed by atoms with Crippen molar-refractivity contribution in [2.75, 3.05) is 36.4 Å². The minimum atomic E-state index is -0.437. The van der Waals surface area contributed by atoms with Crippen molar-refractivity contribution in [1.82, 2.24) is 15.5 Å². The Balaban J connectivity index is 1.64. The van der Waals surface area contributed by atoms with Gasteiger partial charge in [0.2, 0.25) is 11.8 Å². The van der Waals surface area contributed by atoms with Gasteiger partial charge in [0, 0.05) is 49.5 Å². The van der Waals surface area contributed by atoms with E-state index in [0.29, 0.717) is 36.5 Å². The number of carbonyl (C=O) groups is 3. The van der Waals surface area contributed by atoms with Crippen LogP contribution in [0.5, 0.6) is 0 Å². The molecule has 4 amide bonds. The molecule has 0 bridgehead atoms. The first-order valence-corrected chi connectivity index (χ1v) is 8.92. The van der Waals surface area contributed by atoms with Crippen molar-refractivity contribution in [3.63, 3.8) is 0 Å². The maximum absolute atomic E-state index is 12.5. The highest BCUT2D eigenvalue weighted by Crippen LogP contribution is 2.21. The molecule has 0 radical (unpaired) electrons. The second kappa shape index (κ2) is 7.84. The van der Waals surface area contributed by atoms with Crippen molar-refractivity contribution < 1.29 is 14.4 Å². The SMILES string of the molecule is C[C@@H]1CNC[C@H](C)N1CC(=O)Nc1cccc(N2CCC(=O)NC2=O)c1. The fourth-order valence-electron chi connectivity index (χ4n) is 3.41. The van der Waals surface area contributed by atoms with Gasteiger partial charge in [-0.3, -0.25) is 24.7 Å². The molecule has 2 heterocycles. The summed E-state index contributed by atoms with van der Waals surface area (Å²) in [6.45, 7) is 6.61. The predicted octanol–water partition coefficient (Wildman–Crippen LogP) is 0.754. The Morgan fingerprint density at radius 2 is 1.96 bits per heavy atom.